The van der Waals surface area contributed by atoms with Crippen LogP contribution < -0.4 is 9.62 Å². The van der Waals surface area contributed by atoms with Gasteiger partial charge in [-0.3, -0.25) is 9.52 Å². The first kappa shape index (κ1) is 21.4. The molecule has 1 aliphatic rings. The third-order valence-corrected chi connectivity index (χ3v) is 7.84. The smallest absolute Gasteiger partial charge is 0.261 e. The molecule has 0 radical (unpaired) electrons. The van der Waals surface area contributed by atoms with Crippen molar-refractivity contribution in [3.05, 3.63) is 78.5 Å². The molecule has 3 heterocycles. The Labute approximate surface area is 195 Å². The van der Waals surface area contributed by atoms with E-state index < -0.39 is 10.0 Å². The number of sulfonamides is 1. The average molecular weight is 480 g/mol. The van der Waals surface area contributed by atoms with E-state index in [4.69, 9.17) is 0 Å². The van der Waals surface area contributed by atoms with Gasteiger partial charge in [-0.2, -0.15) is 0 Å². The van der Waals surface area contributed by atoms with Gasteiger partial charge in [0.25, 0.3) is 15.9 Å². The monoisotopic (exact) mass is 479 g/mol. The lowest BCUT2D eigenvalue weighted by atomic mass is 10.1. The predicted molar refractivity (Wildman–Crippen MR) is 129 cm³/mol. The van der Waals surface area contributed by atoms with Crippen LogP contribution in [0.2, 0.25) is 0 Å². The number of anilines is 2. The van der Waals surface area contributed by atoms with Crippen LogP contribution in [0, 0.1) is 0 Å². The minimum atomic E-state index is -3.72. The first-order valence-corrected chi connectivity index (χ1v) is 12.7. The molecule has 5 rings (SSSR count). The molecular formula is C23H21N5O3S2. The number of carbonyl (C=O) groups excluding carboxylic acids is 1. The van der Waals surface area contributed by atoms with Crippen LogP contribution in [-0.2, 0) is 10.0 Å². The zero-order valence-corrected chi connectivity index (χ0v) is 19.2. The number of nitrogens with zero attached hydrogens (tertiary/aromatic N) is 4. The fraction of sp³-hybridized carbons (Fsp3) is 0.174. The summed E-state index contributed by atoms with van der Waals surface area (Å²) in [4.78, 5) is 27.1. The number of benzene rings is 2. The number of carbonyl (C=O) groups is 1. The lowest BCUT2D eigenvalue weighted by Gasteiger charge is -2.34. The first-order valence-electron chi connectivity index (χ1n) is 10.4. The molecule has 0 spiro atoms. The Balaban J connectivity index is 1.26. The Morgan fingerprint density at radius 2 is 1.73 bits per heavy atom. The second-order valence-corrected chi connectivity index (χ2v) is 10.2. The van der Waals surface area contributed by atoms with Crippen molar-refractivity contribution in [3.63, 3.8) is 0 Å². The normalized spacial score (nSPS) is 14.4. The van der Waals surface area contributed by atoms with Gasteiger partial charge in [0.05, 0.1) is 4.90 Å². The van der Waals surface area contributed by atoms with E-state index in [1.54, 1.807) is 64.9 Å². The highest BCUT2D eigenvalue weighted by atomic mass is 32.2. The van der Waals surface area contributed by atoms with E-state index in [9.17, 15) is 13.2 Å². The van der Waals surface area contributed by atoms with Gasteiger partial charge < -0.3 is 9.80 Å². The Kier molecular flexibility index (Phi) is 5.69. The van der Waals surface area contributed by atoms with E-state index in [0.717, 1.165) is 15.5 Å². The molecule has 8 nitrogen and oxygen atoms in total. The number of piperazine rings is 1. The molecule has 4 aromatic rings. The number of nitrogens with one attached hydrogen (secondary N) is 1. The van der Waals surface area contributed by atoms with E-state index in [1.165, 1.54) is 12.1 Å². The van der Waals surface area contributed by atoms with Crippen molar-refractivity contribution in [2.24, 2.45) is 0 Å². The molecule has 1 amide bonds. The summed E-state index contributed by atoms with van der Waals surface area (Å²) in [5.74, 6) is -0.124. The van der Waals surface area contributed by atoms with Gasteiger partial charge in [0.15, 0.2) is 5.13 Å². The van der Waals surface area contributed by atoms with Gasteiger partial charge in [0.1, 0.15) is 10.3 Å². The summed E-state index contributed by atoms with van der Waals surface area (Å²) in [6, 6.07) is 18.6. The molecule has 1 saturated heterocycles. The van der Waals surface area contributed by atoms with Crippen LogP contribution >= 0.6 is 11.3 Å². The number of pyridine rings is 1. The molecule has 168 valence electrons. The summed E-state index contributed by atoms with van der Waals surface area (Å²) in [6.07, 6.45) is 1.76. The van der Waals surface area contributed by atoms with Crippen molar-refractivity contribution in [1.82, 2.24) is 14.9 Å². The quantitative estimate of drug-likeness (QED) is 0.471. The van der Waals surface area contributed by atoms with Crippen LogP contribution in [0.5, 0.6) is 0 Å². The standard InChI is InChI=1S/C23H21N5O3S2/c29-22(17-6-4-7-18(16-17)26-33(30,31)19-8-2-1-3-9-19)27-12-14-28(15-13-27)23-25-20-10-5-11-24-21(20)32-23/h1-11,16,26H,12-15H2. The summed E-state index contributed by atoms with van der Waals surface area (Å²) >= 11 is 1.55. The van der Waals surface area contributed by atoms with Crippen molar-refractivity contribution in [1.29, 1.82) is 0 Å². The van der Waals surface area contributed by atoms with Gasteiger partial charge in [-0.25, -0.2) is 18.4 Å². The molecule has 10 heteroatoms. The Morgan fingerprint density at radius 1 is 0.939 bits per heavy atom. The van der Waals surface area contributed by atoms with E-state index in [-0.39, 0.29) is 10.8 Å². The summed E-state index contributed by atoms with van der Waals surface area (Å²) < 4.78 is 27.8. The minimum absolute atomic E-state index is 0.124. The van der Waals surface area contributed by atoms with Crippen LogP contribution in [0.1, 0.15) is 10.4 Å². The Hall–Kier alpha value is -3.50. The Bertz CT molecular complexity index is 1360. The number of fused-ring (bicyclic) bond motifs is 1. The fourth-order valence-corrected chi connectivity index (χ4v) is 5.74. The van der Waals surface area contributed by atoms with Crippen LogP contribution in [0.15, 0.2) is 77.8 Å². The molecule has 0 saturated carbocycles. The van der Waals surface area contributed by atoms with Crippen LogP contribution in [0.4, 0.5) is 10.8 Å². The fourth-order valence-electron chi connectivity index (χ4n) is 3.71. The van der Waals surface area contributed by atoms with Crippen LogP contribution in [0.3, 0.4) is 0 Å². The second-order valence-electron chi connectivity index (χ2n) is 7.60. The van der Waals surface area contributed by atoms with Gasteiger partial charge in [-0.05, 0) is 42.5 Å². The van der Waals surface area contributed by atoms with Gasteiger partial charge >= 0.3 is 0 Å². The van der Waals surface area contributed by atoms with Gasteiger partial charge in [-0.1, -0.05) is 35.6 Å². The lowest BCUT2D eigenvalue weighted by Crippen LogP contribution is -2.48. The topological polar surface area (TPSA) is 95.5 Å². The van der Waals surface area contributed by atoms with Crippen LogP contribution in [0.25, 0.3) is 10.3 Å². The molecule has 1 aliphatic heterocycles. The highest BCUT2D eigenvalue weighted by Crippen LogP contribution is 2.28. The molecule has 0 unspecified atom stereocenters. The summed E-state index contributed by atoms with van der Waals surface area (Å²) in [5, 5.41) is 0.910. The SMILES string of the molecule is O=C(c1cccc(NS(=O)(=O)c2ccccc2)c1)N1CCN(c2nc3cccnc3s2)CC1. The second kappa shape index (κ2) is 8.80. The highest BCUT2D eigenvalue weighted by molar-refractivity contribution is 7.92. The summed E-state index contributed by atoms with van der Waals surface area (Å²) in [6.45, 7) is 2.46. The van der Waals surface area contributed by atoms with Crippen molar-refractivity contribution in [3.8, 4) is 0 Å². The maximum absolute atomic E-state index is 13.1. The zero-order chi connectivity index (χ0) is 22.8. The number of aromatic nitrogens is 2. The first-order chi connectivity index (χ1) is 16.0. The highest BCUT2D eigenvalue weighted by Gasteiger charge is 2.24. The van der Waals surface area contributed by atoms with Gasteiger partial charge in [0, 0.05) is 43.6 Å². The third-order valence-electron chi connectivity index (χ3n) is 5.41. The molecule has 2 aromatic carbocycles. The largest absolute Gasteiger partial charge is 0.344 e. The lowest BCUT2D eigenvalue weighted by molar-refractivity contribution is 0.0747. The minimum Gasteiger partial charge on any atom is -0.344 e. The predicted octanol–water partition coefficient (Wildman–Crippen LogP) is 3.45. The van der Waals surface area contributed by atoms with E-state index in [2.05, 4.69) is 19.6 Å². The number of hydrogen-bond donors (Lipinski definition) is 1. The molecule has 33 heavy (non-hydrogen) atoms. The maximum Gasteiger partial charge on any atom is 0.261 e. The maximum atomic E-state index is 13.1. The zero-order valence-electron chi connectivity index (χ0n) is 17.6. The molecule has 1 N–H and O–H groups in total. The van der Waals surface area contributed by atoms with Crippen LogP contribution in [-0.4, -0.2) is 55.4 Å². The van der Waals surface area contributed by atoms with Gasteiger partial charge in [0.2, 0.25) is 0 Å². The number of hydrogen-bond acceptors (Lipinski definition) is 7. The molecule has 0 bridgehead atoms. The number of amides is 1. The molecule has 0 atom stereocenters. The van der Waals surface area contributed by atoms with Crippen molar-refractivity contribution >= 4 is 48.4 Å². The molecule has 2 aromatic heterocycles. The van der Waals surface area contributed by atoms with Gasteiger partial charge in [-0.15, -0.1) is 0 Å². The van der Waals surface area contributed by atoms with Crippen molar-refractivity contribution < 1.29 is 13.2 Å². The number of rotatable bonds is 5. The molecular weight excluding hydrogens is 458 g/mol. The van der Waals surface area contributed by atoms with E-state index in [1.807, 2.05) is 12.1 Å². The van der Waals surface area contributed by atoms with E-state index >= 15 is 0 Å². The summed E-state index contributed by atoms with van der Waals surface area (Å²) in [5.41, 5.74) is 1.68. The molecule has 1 fully saturated rings. The molecule has 0 aliphatic carbocycles. The number of thiazole rings is 1. The Morgan fingerprint density at radius 3 is 2.48 bits per heavy atom. The average Bonchev–Trinajstić information content (AvgIpc) is 3.29. The van der Waals surface area contributed by atoms with Crippen molar-refractivity contribution in [2.75, 3.05) is 35.8 Å². The van der Waals surface area contributed by atoms with E-state index in [0.29, 0.717) is 37.4 Å². The van der Waals surface area contributed by atoms with Crippen molar-refractivity contribution in [2.45, 2.75) is 4.90 Å². The third kappa shape index (κ3) is 4.53. The summed E-state index contributed by atoms with van der Waals surface area (Å²) in [7, 11) is -3.72.